The first kappa shape index (κ1) is 25.4. The van der Waals surface area contributed by atoms with E-state index in [-0.39, 0.29) is 11.4 Å². The minimum Gasteiger partial charge on any atom is -0.489 e. The van der Waals surface area contributed by atoms with Crippen molar-refractivity contribution in [2.45, 2.75) is 12.8 Å². The third-order valence-electron chi connectivity index (χ3n) is 4.62. The predicted molar refractivity (Wildman–Crippen MR) is 124 cm³/mol. The largest absolute Gasteiger partial charge is 0.489 e. The molecule has 0 heterocycles. The van der Waals surface area contributed by atoms with Crippen LogP contribution in [0, 0.1) is 0 Å². The molecule has 0 aliphatic carbocycles. The van der Waals surface area contributed by atoms with Gasteiger partial charge in [0, 0.05) is 5.69 Å². The molecular formula is C23H20ClF3N2O4S. The van der Waals surface area contributed by atoms with Crippen molar-refractivity contribution in [3.8, 4) is 5.75 Å². The molecule has 3 rings (SSSR count). The van der Waals surface area contributed by atoms with Gasteiger partial charge in [0.05, 0.1) is 22.5 Å². The summed E-state index contributed by atoms with van der Waals surface area (Å²) in [6, 6.07) is 18.4. The first-order chi connectivity index (χ1) is 15.9. The second kappa shape index (κ2) is 10.4. The van der Waals surface area contributed by atoms with Crippen LogP contribution in [0.3, 0.4) is 0 Å². The van der Waals surface area contributed by atoms with Gasteiger partial charge in [-0.15, -0.1) is 0 Å². The summed E-state index contributed by atoms with van der Waals surface area (Å²) in [4.78, 5) is 12.5. The number of alkyl halides is 3. The van der Waals surface area contributed by atoms with E-state index < -0.39 is 39.2 Å². The number of anilines is 2. The van der Waals surface area contributed by atoms with Crippen LogP contribution in [0.2, 0.25) is 5.02 Å². The summed E-state index contributed by atoms with van der Waals surface area (Å²) < 4.78 is 70.2. The maximum Gasteiger partial charge on any atom is 0.417 e. The van der Waals surface area contributed by atoms with E-state index in [2.05, 4.69) is 5.32 Å². The number of rotatable bonds is 8. The van der Waals surface area contributed by atoms with E-state index in [4.69, 9.17) is 16.3 Å². The molecule has 0 spiro atoms. The summed E-state index contributed by atoms with van der Waals surface area (Å²) in [6.07, 6.45) is -3.79. The van der Waals surface area contributed by atoms with Crippen molar-refractivity contribution in [1.82, 2.24) is 0 Å². The summed E-state index contributed by atoms with van der Waals surface area (Å²) >= 11 is 5.58. The Labute approximate surface area is 200 Å². The van der Waals surface area contributed by atoms with Crippen LogP contribution < -0.4 is 14.4 Å². The number of ether oxygens (including phenoxy) is 1. The number of carbonyl (C=O) groups is 1. The normalized spacial score (nSPS) is 11.7. The van der Waals surface area contributed by atoms with E-state index in [1.165, 1.54) is 18.2 Å². The quantitative estimate of drug-likeness (QED) is 0.442. The van der Waals surface area contributed by atoms with Crippen molar-refractivity contribution in [3.05, 3.63) is 88.9 Å². The van der Waals surface area contributed by atoms with Crippen LogP contribution in [0.4, 0.5) is 24.5 Å². The van der Waals surface area contributed by atoms with E-state index in [1.807, 2.05) is 30.3 Å². The average molecular weight is 513 g/mol. The second-order valence-electron chi connectivity index (χ2n) is 7.28. The summed E-state index contributed by atoms with van der Waals surface area (Å²) in [6.45, 7) is -0.327. The molecule has 3 aromatic rings. The maximum absolute atomic E-state index is 13.0. The Bertz CT molecular complexity index is 1250. The van der Waals surface area contributed by atoms with Gasteiger partial charge >= 0.3 is 6.18 Å². The molecule has 0 saturated carbocycles. The summed E-state index contributed by atoms with van der Waals surface area (Å²) in [5, 5.41) is 1.76. The highest BCUT2D eigenvalue weighted by atomic mass is 35.5. The predicted octanol–water partition coefficient (Wildman–Crippen LogP) is 5.34. The number of nitrogens with one attached hydrogen (secondary N) is 1. The molecule has 34 heavy (non-hydrogen) atoms. The van der Waals surface area contributed by atoms with Gasteiger partial charge in [0.25, 0.3) is 0 Å². The molecule has 0 aliphatic heterocycles. The lowest BCUT2D eigenvalue weighted by Gasteiger charge is -2.22. The van der Waals surface area contributed by atoms with Gasteiger partial charge in [-0.05, 0) is 48.0 Å². The Hall–Kier alpha value is -3.24. The van der Waals surface area contributed by atoms with Crippen LogP contribution in [-0.4, -0.2) is 27.1 Å². The summed E-state index contributed by atoms with van der Waals surface area (Å²) in [5.74, 6) is -0.336. The molecule has 0 atom stereocenters. The first-order valence-electron chi connectivity index (χ1n) is 9.84. The number of amides is 1. The van der Waals surface area contributed by atoms with Gasteiger partial charge in [-0.1, -0.05) is 41.9 Å². The van der Waals surface area contributed by atoms with Crippen LogP contribution in [0.25, 0.3) is 0 Å². The fourth-order valence-corrected chi connectivity index (χ4v) is 4.08. The van der Waals surface area contributed by atoms with Crippen molar-refractivity contribution < 1.29 is 31.1 Å². The van der Waals surface area contributed by atoms with Gasteiger partial charge in [0.2, 0.25) is 15.9 Å². The lowest BCUT2D eigenvalue weighted by atomic mass is 10.2. The Morgan fingerprint density at radius 3 is 2.26 bits per heavy atom. The molecule has 0 fully saturated rings. The lowest BCUT2D eigenvalue weighted by Crippen LogP contribution is -2.37. The van der Waals surface area contributed by atoms with E-state index in [0.717, 1.165) is 22.2 Å². The van der Waals surface area contributed by atoms with Crippen molar-refractivity contribution in [2.24, 2.45) is 0 Å². The number of sulfonamides is 1. The Balaban J connectivity index is 1.71. The minimum absolute atomic E-state index is 0.167. The molecule has 3 aromatic carbocycles. The molecule has 180 valence electrons. The van der Waals surface area contributed by atoms with Crippen LogP contribution in [-0.2, 0) is 27.6 Å². The maximum atomic E-state index is 13.0. The zero-order valence-corrected chi connectivity index (χ0v) is 19.4. The molecule has 0 unspecified atom stereocenters. The number of benzene rings is 3. The molecular weight excluding hydrogens is 493 g/mol. The van der Waals surface area contributed by atoms with Crippen molar-refractivity contribution in [3.63, 3.8) is 0 Å². The molecule has 0 aliphatic rings. The number of hydrogen-bond donors (Lipinski definition) is 1. The van der Waals surface area contributed by atoms with E-state index in [9.17, 15) is 26.4 Å². The van der Waals surface area contributed by atoms with E-state index in [0.29, 0.717) is 18.4 Å². The van der Waals surface area contributed by atoms with Gasteiger partial charge in [-0.25, -0.2) is 8.42 Å². The first-order valence-corrected chi connectivity index (χ1v) is 12.1. The SMILES string of the molecule is CS(=O)(=O)N(CC(=O)Nc1ccc(Cl)c(C(F)(F)F)c1)c1ccc(OCc2ccccc2)cc1. The van der Waals surface area contributed by atoms with Gasteiger partial charge in [-0.2, -0.15) is 13.2 Å². The number of hydrogen-bond acceptors (Lipinski definition) is 4. The van der Waals surface area contributed by atoms with Crippen LogP contribution in [0.15, 0.2) is 72.8 Å². The molecule has 1 amide bonds. The third kappa shape index (κ3) is 6.88. The van der Waals surface area contributed by atoms with Crippen molar-refractivity contribution in [2.75, 3.05) is 22.4 Å². The zero-order chi connectivity index (χ0) is 24.9. The Kier molecular flexibility index (Phi) is 7.73. The van der Waals surface area contributed by atoms with Crippen LogP contribution >= 0.6 is 11.6 Å². The van der Waals surface area contributed by atoms with Crippen molar-refractivity contribution in [1.29, 1.82) is 0 Å². The highest BCUT2D eigenvalue weighted by molar-refractivity contribution is 7.92. The minimum atomic E-state index is -4.71. The molecule has 0 bridgehead atoms. The lowest BCUT2D eigenvalue weighted by molar-refractivity contribution is -0.137. The average Bonchev–Trinajstić information content (AvgIpc) is 2.77. The molecule has 0 aromatic heterocycles. The zero-order valence-electron chi connectivity index (χ0n) is 17.8. The Morgan fingerprint density at radius 2 is 1.68 bits per heavy atom. The number of nitrogens with zero attached hydrogens (tertiary/aromatic N) is 1. The van der Waals surface area contributed by atoms with Gasteiger partial charge in [-0.3, -0.25) is 9.10 Å². The molecule has 0 radical (unpaired) electrons. The number of carbonyl (C=O) groups excluding carboxylic acids is 1. The summed E-state index contributed by atoms with van der Waals surface area (Å²) in [5.41, 5.74) is -0.133. The second-order valence-corrected chi connectivity index (χ2v) is 9.59. The van der Waals surface area contributed by atoms with Gasteiger partial charge in [0.15, 0.2) is 0 Å². The van der Waals surface area contributed by atoms with E-state index in [1.54, 1.807) is 12.1 Å². The fourth-order valence-electron chi connectivity index (χ4n) is 3.00. The molecule has 0 saturated heterocycles. The smallest absolute Gasteiger partial charge is 0.417 e. The molecule has 1 N–H and O–H groups in total. The van der Waals surface area contributed by atoms with Crippen molar-refractivity contribution >= 4 is 38.9 Å². The monoisotopic (exact) mass is 512 g/mol. The molecule has 6 nitrogen and oxygen atoms in total. The topological polar surface area (TPSA) is 75.7 Å². The van der Waals surface area contributed by atoms with Gasteiger partial charge < -0.3 is 10.1 Å². The standard InChI is InChI=1S/C23H20ClF3N2O4S/c1-34(31,32)29(14-22(30)28-17-7-12-21(24)20(13-17)23(25,26)27)18-8-10-19(11-9-18)33-15-16-5-3-2-4-6-16/h2-13H,14-15H2,1H3,(H,28,30). The van der Waals surface area contributed by atoms with Crippen LogP contribution in [0.5, 0.6) is 5.75 Å². The van der Waals surface area contributed by atoms with Crippen LogP contribution in [0.1, 0.15) is 11.1 Å². The number of halogens is 4. The summed E-state index contributed by atoms with van der Waals surface area (Å²) in [7, 11) is -3.88. The van der Waals surface area contributed by atoms with E-state index >= 15 is 0 Å². The molecule has 11 heteroatoms. The highest BCUT2D eigenvalue weighted by Crippen LogP contribution is 2.36. The highest BCUT2D eigenvalue weighted by Gasteiger charge is 2.33. The fraction of sp³-hybridized carbons (Fsp3) is 0.174. The Morgan fingerprint density at radius 1 is 1.03 bits per heavy atom. The van der Waals surface area contributed by atoms with Gasteiger partial charge in [0.1, 0.15) is 18.9 Å². The third-order valence-corrected chi connectivity index (χ3v) is 6.09.